The van der Waals surface area contributed by atoms with Crippen LogP contribution in [0.25, 0.3) is 0 Å². The van der Waals surface area contributed by atoms with Crippen molar-refractivity contribution in [2.45, 2.75) is 13.1 Å². The first-order valence-corrected chi connectivity index (χ1v) is 7.47. The van der Waals surface area contributed by atoms with Crippen molar-refractivity contribution >= 4 is 34.8 Å². The Morgan fingerprint density at radius 2 is 2.19 bits per heavy atom. The Kier molecular flexibility index (Phi) is 5.51. The van der Waals surface area contributed by atoms with Crippen LogP contribution in [0.15, 0.2) is 34.9 Å². The summed E-state index contributed by atoms with van der Waals surface area (Å²) >= 11 is 3.89. The quantitative estimate of drug-likeness (QED) is 0.536. The molecule has 21 heavy (non-hydrogen) atoms. The lowest BCUT2D eigenvalue weighted by atomic mass is 10.1. The maximum Gasteiger partial charge on any atom is 0.259 e. The molecule has 0 bridgehead atoms. The van der Waals surface area contributed by atoms with E-state index in [4.69, 9.17) is 20.6 Å². The summed E-state index contributed by atoms with van der Waals surface area (Å²) in [4.78, 5) is 10.9. The Morgan fingerprint density at radius 3 is 2.81 bits per heavy atom. The van der Waals surface area contributed by atoms with Crippen LogP contribution in [0, 0.1) is 0 Å². The standard InChI is InChI=1S/C13H13ClN2O4S/c14-13-10(6-15-7-11-2-1-3-20-11)4-9(8-17)5-12(13)16-21(18)19/h1-5,8,15-16H,6-7H2,(H,18,19). The number of hydrogen-bond donors (Lipinski definition) is 3. The van der Waals surface area contributed by atoms with Gasteiger partial charge in [0.1, 0.15) is 12.0 Å². The maximum absolute atomic E-state index is 10.9. The summed E-state index contributed by atoms with van der Waals surface area (Å²) < 4.78 is 27.2. The van der Waals surface area contributed by atoms with Gasteiger partial charge in [-0.2, -0.15) is 0 Å². The molecule has 0 spiro atoms. The molecule has 112 valence electrons. The minimum absolute atomic E-state index is 0.233. The average Bonchev–Trinajstić information content (AvgIpc) is 2.95. The summed E-state index contributed by atoms with van der Waals surface area (Å²) in [5.41, 5.74) is 1.24. The lowest BCUT2D eigenvalue weighted by Crippen LogP contribution is -2.13. The molecule has 1 atom stereocenters. The van der Waals surface area contributed by atoms with Gasteiger partial charge in [-0.25, -0.2) is 4.21 Å². The van der Waals surface area contributed by atoms with Crippen LogP contribution in [0.4, 0.5) is 5.69 Å². The van der Waals surface area contributed by atoms with E-state index in [0.717, 1.165) is 5.76 Å². The van der Waals surface area contributed by atoms with Crippen molar-refractivity contribution in [2.24, 2.45) is 0 Å². The molecule has 0 saturated heterocycles. The van der Waals surface area contributed by atoms with E-state index >= 15 is 0 Å². The van der Waals surface area contributed by atoms with E-state index < -0.39 is 11.3 Å². The van der Waals surface area contributed by atoms with Gasteiger partial charge in [-0.05, 0) is 29.8 Å². The van der Waals surface area contributed by atoms with Crippen molar-refractivity contribution in [2.75, 3.05) is 4.72 Å². The van der Waals surface area contributed by atoms with Crippen LogP contribution in [-0.2, 0) is 24.4 Å². The van der Waals surface area contributed by atoms with Crippen molar-refractivity contribution in [3.63, 3.8) is 0 Å². The summed E-state index contributed by atoms with van der Waals surface area (Å²) in [5, 5.41) is 3.40. The van der Waals surface area contributed by atoms with Crippen LogP contribution in [0.3, 0.4) is 0 Å². The minimum atomic E-state index is -2.26. The number of nitrogens with one attached hydrogen (secondary N) is 2. The first-order chi connectivity index (χ1) is 10.1. The number of carbonyl (C=O) groups excluding carboxylic acids is 1. The highest BCUT2D eigenvalue weighted by Crippen LogP contribution is 2.28. The molecule has 0 aliphatic carbocycles. The number of aldehydes is 1. The molecular weight excluding hydrogens is 316 g/mol. The summed E-state index contributed by atoms with van der Waals surface area (Å²) in [6.45, 7) is 0.886. The highest BCUT2D eigenvalue weighted by Gasteiger charge is 2.10. The fourth-order valence-corrected chi connectivity index (χ4v) is 2.44. The van der Waals surface area contributed by atoms with Crippen molar-refractivity contribution in [1.82, 2.24) is 5.32 Å². The van der Waals surface area contributed by atoms with E-state index in [1.807, 2.05) is 6.07 Å². The van der Waals surface area contributed by atoms with Crippen LogP contribution in [0.5, 0.6) is 0 Å². The zero-order valence-electron chi connectivity index (χ0n) is 10.8. The van der Waals surface area contributed by atoms with Crippen LogP contribution in [0.2, 0.25) is 5.02 Å². The molecule has 0 radical (unpaired) electrons. The Labute approximate surface area is 128 Å². The topological polar surface area (TPSA) is 91.6 Å². The molecule has 0 amide bonds. The molecule has 3 N–H and O–H groups in total. The Morgan fingerprint density at radius 1 is 1.38 bits per heavy atom. The van der Waals surface area contributed by atoms with E-state index in [-0.39, 0.29) is 10.7 Å². The molecule has 1 aromatic heterocycles. The fourth-order valence-electron chi connectivity index (χ4n) is 1.81. The van der Waals surface area contributed by atoms with E-state index in [1.54, 1.807) is 18.4 Å². The van der Waals surface area contributed by atoms with Gasteiger partial charge in [0.05, 0.1) is 23.5 Å². The Hall–Kier alpha value is -1.67. The molecule has 6 nitrogen and oxygen atoms in total. The van der Waals surface area contributed by atoms with Gasteiger partial charge in [0.15, 0.2) is 0 Å². The Balaban J connectivity index is 2.13. The molecular formula is C13H13ClN2O4S. The number of rotatable bonds is 7. The number of halogens is 1. The molecule has 0 aliphatic heterocycles. The third-order valence-corrected chi connectivity index (χ3v) is 3.54. The van der Waals surface area contributed by atoms with Crippen molar-refractivity contribution in [3.05, 3.63) is 52.4 Å². The molecule has 0 fully saturated rings. The second-order valence-electron chi connectivity index (χ2n) is 4.19. The zero-order chi connectivity index (χ0) is 15.2. The summed E-state index contributed by atoms with van der Waals surface area (Å²) in [6.07, 6.45) is 2.23. The van der Waals surface area contributed by atoms with Gasteiger partial charge in [0, 0.05) is 12.1 Å². The zero-order valence-corrected chi connectivity index (χ0v) is 12.4. The van der Waals surface area contributed by atoms with Gasteiger partial charge < -0.3 is 9.73 Å². The van der Waals surface area contributed by atoms with Crippen LogP contribution in [0.1, 0.15) is 21.7 Å². The van der Waals surface area contributed by atoms with Gasteiger partial charge >= 0.3 is 0 Å². The number of furan rings is 1. The number of anilines is 1. The molecule has 8 heteroatoms. The highest BCUT2D eigenvalue weighted by atomic mass is 35.5. The molecule has 2 rings (SSSR count). The molecule has 0 saturated carbocycles. The SMILES string of the molecule is O=Cc1cc(CNCc2ccco2)c(Cl)c(NS(=O)O)c1. The van der Waals surface area contributed by atoms with Crippen LogP contribution in [-0.4, -0.2) is 15.0 Å². The lowest BCUT2D eigenvalue weighted by Gasteiger charge is -2.11. The molecule has 0 aliphatic rings. The van der Waals surface area contributed by atoms with Gasteiger partial charge in [-0.15, -0.1) is 0 Å². The largest absolute Gasteiger partial charge is 0.468 e. The number of carbonyl (C=O) groups is 1. The fraction of sp³-hybridized carbons (Fsp3) is 0.154. The first kappa shape index (κ1) is 15.7. The normalized spacial score (nSPS) is 12.1. The van der Waals surface area contributed by atoms with Gasteiger partial charge in [-0.3, -0.25) is 14.1 Å². The second-order valence-corrected chi connectivity index (χ2v) is 5.27. The van der Waals surface area contributed by atoms with Crippen LogP contribution >= 0.6 is 11.6 Å². The summed E-state index contributed by atoms with van der Waals surface area (Å²) in [7, 11) is 0. The smallest absolute Gasteiger partial charge is 0.259 e. The second kappa shape index (κ2) is 7.37. The lowest BCUT2D eigenvalue weighted by molar-refractivity contribution is 0.112. The van der Waals surface area contributed by atoms with Gasteiger partial charge in [0.2, 0.25) is 0 Å². The predicted molar refractivity (Wildman–Crippen MR) is 80.5 cm³/mol. The summed E-state index contributed by atoms with van der Waals surface area (Å²) in [5.74, 6) is 0.771. The van der Waals surface area contributed by atoms with Crippen molar-refractivity contribution < 1.29 is 18.0 Å². The third kappa shape index (κ3) is 4.40. The van der Waals surface area contributed by atoms with E-state index in [2.05, 4.69) is 10.0 Å². The first-order valence-electron chi connectivity index (χ1n) is 5.98. The monoisotopic (exact) mass is 328 g/mol. The predicted octanol–water partition coefficient (Wildman–Crippen LogP) is 2.58. The van der Waals surface area contributed by atoms with Crippen molar-refractivity contribution in [3.8, 4) is 0 Å². The van der Waals surface area contributed by atoms with Crippen molar-refractivity contribution in [1.29, 1.82) is 0 Å². The van der Waals surface area contributed by atoms with Gasteiger partial charge in [0.25, 0.3) is 11.3 Å². The van der Waals surface area contributed by atoms with Crippen LogP contribution < -0.4 is 10.0 Å². The van der Waals surface area contributed by atoms with Gasteiger partial charge in [-0.1, -0.05) is 11.6 Å². The molecule has 1 heterocycles. The van der Waals surface area contributed by atoms with E-state index in [1.165, 1.54) is 6.07 Å². The average molecular weight is 329 g/mol. The minimum Gasteiger partial charge on any atom is -0.468 e. The third-order valence-electron chi connectivity index (χ3n) is 2.70. The maximum atomic E-state index is 10.9. The number of benzene rings is 1. The number of hydrogen-bond acceptors (Lipinski definition) is 4. The molecule has 2 aromatic rings. The van der Waals surface area contributed by atoms with E-state index in [0.29, 0.717) is 30.5 Å². The Bertz CT molecular complexity index is 646. The highest BCUT2D eigenvalue weighted by molar-refractivity contribution is 7.80. The summed E-state index contributed by atoms with van der Waals surface area (Å²) in [6, 6.07) is 6.66. The molecule has 1 aromatic carbocycles. The van der Waals surface area contributed by atoms with E-state index in [9.17, 15) is 9.00 Å². The molecule has 1 unspecified atom stereocenters.